The molecule has 0 heterocycles. The summed E-state index contributed by atoms with van der Waals surface area (Å²) in [7, 11) is -6.09. The molecule has 0 saturated heterocycles. The van der Waals surface area contributed by atoms with Crippen LogP contribution in [0.1, 0.15) is 0 Å². The minimum Gasteiger partial charge on any atom is -0.741 e. The van der Waals surface area contributed by atoms with Crippen molar-refractivity contribution in [3.05, 3.63) is 0 Å². The van der Waals surface area contributed by atoms with Gasteiger partial charge in [0.1, 0.15) is 0 Å². The van der Waals surface area contributed by atoms with Gasteiger partial charge in [-0.3, -0.25) is 0 Å². The van der Waals surface area contributed by atoms with E-state index in [4.69, 9.17) is 13.0 Å². The second kappa shape index (κ2) is 8.27. The maximum atomic E-state index is 10.7. The minimum absolute atomic E-state index is 0. The zero-order valence-corrected chi connectivity index (χ0v) is 7.57. The SMILES string of the molecule is O.O.O=S(=O)([O-])C(F)(F)F.[Cu+].[Cu]. The normalized spacial score (nSPS) is 9.33. The molecule has 4 N–H and O–H groups in total. The Morgan fingerprint density at radius 2 is 1.17 bits per heavy atom. The number of alkyl halides is 3. The summed E-state index contributed by atoms with van der Waals surface area (Å²) in [5.74, 6) is 0. The fraction of sp³-hybridized carbons (Fsp3) is 1.00. The van der Waals surface area contributed by atoms with Crippen molar-refractivity contribution in [1.82, 2.24) is 0 Å². The summed E-state index contributed by atoms with van der Waals surface area (Å²) >= 11 is 0. The molecule has 0 amide bonds. The van der Waals surface area contributed by atoms with E-state index < -0.39 is 15.6 Å². The predicted octanol–water partition coefficient (Wildman–Crippen LogP) is -1.60. The molecular weight excluding hydrogens is 308 g/mol. The third kappa shape index (κ3) is 10.7. The predicted molar refractivity (Wildman–Crippen MR) is 23.0 cm³/mol. The van der Waals surface area contributed by atoms with E-state index in [0.29, 0.717) is 0 Å². The molecule has 11 heteroatoms. The molecule has 0 aromatic heterocycles. The van der Waals surface area contributed by atoms with Gasteiger partial charge in [0, 0.05) is 17.1 Å². The van der Waals surface area contributed by atoms with Crippen molar-refractivity contribution >= 4 is 10.1 Å². The zero-order valence-electron chi connectivity index (χ0n) is 4.87. The zero-order chi connectivity index (χ0) is 7.00. The van der Waals surface area contributed by atoms with Crippen LogP contribution in [0.25, 0.3) is 0 Å². The van der Waals surface area contributed by atoms with Gasteiger partial charge >= 0.3 is 22.6 Å². The Labute approximate surface area is 87.0 Å². The molecule has 0 aliphatic heterocycles. The van der Waals surface area contributed by atoms with E-state index in [0.717, 1.165) is 0 Å². The van der Waals surface area contributed by atoms with Crippen LogP contribution in [0, 0.1) is 0 Å². The smallest absolute Gasteiger partial charge is 0.741 e. The number of rotatable bonds is 0. The van der Waals surface area contributed by atoms with Crippen molar-refractivity contribution in [2.24, 2.45) is 0 Å². The van der Waals surface area contributed by atoms with Crippen molar-refractivity contribution < 1.29 is 71.2 Å². The molecule has 0 aliphatic carbocycles. The van der Waals surface area contributed by atoms with Crippen LogP contribution in [0.4, 0.5) is 13.2 Å². The molecule has 87 valence electrons. The molecule has 0 bridgehead atoms. The van der Waals surface area contributed by atoms with Crippen LogP contribution in [0.15, 0.2) is 0 Å². The van der Waals surface area contributed by atoms with Crippen LogP contribution in [0.5, 0.6) is 0 Å². The average molecular weight is 312 g/mol. The van der Waals surface area contributed by atoms with Gasteiger partial charge in [-0.15, -0.1) is 0 Å². The van der Waals surface area contributed by atoms with E-state index in [1.165, 1.54) is 0 Å². The number of hydrogen-bond acceptors (Lipinski definition) is 3. The molecule has 0 aliphatic rings. The van der Waals surface area contributed by atoms with Crippen LogP contribution in [0.2, 0.25) is 0 Å². The van der Waals surface area contributed by atoms with Gasteiger partial charge in [0.2, 0.25) is 0 Å². The minimum atomic E-state index is -6.09. The largest absolute Gasteiger partial charge is 1.00 e. The molecule has 0 saturated carbocycles. The van der Waals surface area contributed by atoms with Crippen molar-refractivity contribution in [3.8, 4) is 0 Å². The first-order valence-electron chi connectivity index (χ1n) is 1.27. The summed E-state index contributed by atoms with van der Waals surface area (Å²) < 4.78 is 58.9. The van der Waals surface area contributed by atoms with Crippen molar-refractivity contribution in [2.45, 2.75) is 5.51 Å². The Balaban J connectivity index is -0.0000000408. The van der Waals surface area contributed by atoms with Crippen molar-refractivity contribution in [1.29, 1.82) is 0 Å². The van der Waals surface area contributed by atoms with Gasteiger partial charge in [-0.05, 0) is 0 Å². The Kier molecular flexibility index (Phi) is 20.2. The molecule has 0 rings (SSSR count). The second-order valence-corrected chi connectivity index (χ2v) is 2.27. The number of hydrogen-bond donors (Lipinski definition) is 0. The quantitative estimate of drug-likeness (QED) is 0.304. The fourth-order valence-electron chi connectivity index (χ4n) is 0. The molecule has 12 heavy (non-hydrogen) atoms. The van der Waals surface area contributed by atoms with E-state index in [2.05, 4.69) is 0 Å². The van der Waals surface area contributed by atoms with Gasteiger partial charge in [-0.2, -0.15) is 13.2 Å². The number of halogens is 3. The van der Waals surface area contributed by atoms with E-state index in [1.54, 1.807) is 0 Å². The first-order valence-corrected chi connectivity index (χ1v) is 2.68. The van der Waals surface area contributed by atoms with Crippen LogP contribution in [-0.2, 0) is 44.3 Å². The van der Waals surface area contributed by atoms with E-state index >= 15 is 0 Å². The van der Waals surface area contributed by atoms with Crippen LogP contribution in [0.3, 0.4) is 0 Å². The Morgan fingerprint density at radius 3 is 1.17 bits per heavy atom. The van der Waals surface area contributed by atoms with Gasteiger partial charge in [0.05, 0.1) is 0 Å². The topological polar surface area (TPSA) is 120 Å². The molecule has 1 radical (unpaired) electrons. The fourth-order valence-corrected chi connectivity index (χ4v) is 0. The summed E-state index contributed by atoms with van der Waals surface area (Å²) in [5.41, 5.74) is -5.65. The maximum absolute atomic E-state index is 10.7. The Morgan fingerprint density at radius 1 is 1.08 bits per heavy atom. The van der Waals surface area contributed by atoms with Crippen LogP contribution >= 0.6 is 0 Å². The standard InChI is InChI=1S/CHF3O3S.2Cu.2H2O/c2-1(3,4)8(5,6)7;;;;/h(H,5,6,7);;;2*1H2/q;;+1;;/p-1. The summed E-state index contributed by atoms with van der Waals surface area (Å²) in [6.45, 7) is 0. The first-order chi connectivity index (χ1) is 3.25. The maximum Gasteiger partial charge on any atom is 1.00 e. The van der Waals surface area contributed by atoms with Crippen molar-refractivity contribution in [3.63, 3.8) is 0 Å². The summed E-state index contributed by atoms with van der Waals surface area (Å²) in [6.07, 6.45) is 0. The Hall–Kier alpha value is 0.659. The van der Waals surface area contributed by atoms with Gasteiger partial charge < -0.3 is 15.5 Å². The molecular formula is CH4Cu2F3O5S. The van der Waals surface area contributed by atoms with Crippen LogP contribution in [-0.4, -0.2) is 29.4 Å². The third-order valence-corrected chi connectivity index (χ3v) is 0.850. The van der Waals surface area contributed by atoms with Gasteiger partial charge in [-0.25, -0.2) is 8.42 Å². The average Bonchev–Trinajstić information content (AvgIpc) is 1.25. The molecule has 5 nitrogen and oxygen atoms in total. The van der Waals surface area contributed by atoms with Crippen LogP contribution < -0.4 is 0 Å². The van der Waals surface area contributed by atoms with E-state index in [9.17, 15) is 13.2 Å². The molecule has 0 fully saturated rings. The molecule has 0 unspecified atom stereocenters. The Bertz CT molecular complexity index is 174. The van der Waals surface area contributed by atoms with E-state index in [-0.39, 0.29) is 45.1 Å². The molecule has 0 atom stereocenters. The second-order valence-electron chi connectivity index (χ2n) is 0.900. The monoisotopic (exact) mass is 311 g/mol. The molecule has 0 aromatic rings. The third-order valence-electron chi connectivity index (χ3n) is 0.283. The molecule has 0 spiro atoms. The summed E-state index contributed by atoms with van der Waals surface area (Å²) in [4.78, 5) is 0. The van der Waals surface area contributed by atoms with Crippen molar-refractivity contribution in [2.75, 3.05) is 0 Å². The summed E-state index contributed by atoms with van der Waals surface area (Å²) in [6, 6.07) is 0. The van der Waals surface area contributed by atoms with Gasteiger partial charge in [0.15, 0.2) is 10.1 Å². The summed E-state index contributed by atoms with van der Waals surface area (Å²) in [5, 5.41) is 0. The van der Waals surface area contributed by atoms with E-state index in [1.807, 2.05) is 0 Å². The first kappa shape index (κ1) is 29.3. The molecule has 0 aromatic carbocycles. The van der Waals surface area contributed by atoms with Gasteiger partial charge in [0.25, 0.3) is 0 Å². The van der Waals surface area contributed by atoms with Gasteiger partial charge in [-0.1, -0.05) is 0 Å².